The fourth-order valence-electron chi connectivity index (χ4n) is 1.04. The maximum Gasteiger partial charge on any atom is 0.147 e. The summed E-state index contributed by atoms with van der Waals surface area (Å²) >= 11 is 0. The van der Waals surface area contributed by atoms with Crippen LogP contribution in [-0.2, 0) is 0 Å². The quantitative estimate of drug-likeness (QED) is 0.620. The van der Waals surface area contributed by atoms with E-state index in [0.717, 1.165) is 5.69 Å². The molecule has 0 heterocycles. The maximum absolute atomic E-state index is 5.56. The summed E-state index contributed by atoms with van der Waals surface area (Å²) in [6, 6.07) is 7.18. The molecule has 0 atom stereocenters. The first-order chi connectivity index (χ1) is 7.63. The minimum Gasteiger partial charge on any atom is -0.399 e. The van der Waals surface area contributed by atoms with Gasteiger partial charge in [0, 0.05) is 18.9 Å². The van der Waals surface area contributed by atoms with Crippen LogP contribution < -0.4 is 5.73 Å². The van der Waals surface area contributed by atoms with E-state index in [9.17, 15) is 0 Å². The third kappa shape index (κ3) is 3.57. The molecule has 1 rings (SSSR count). The van der Waals surface area contributed by atoms with Crippen LogP contribution in [0.25, 0.3) is 0 Å². The van der Waals surface area contributed by atoms with Crippen LogP contribution in [0, 0.1) is 0 Å². The van der Waals surface area contributed by atoms with Crippen molar-refractivity contribution in [2.45, 2.75) is 6.92 Å². The predicted octanol–water partition coefficient (Wildman–Crippen LogP) is 3.29. The number of allylic oxidation sites excluding steroid dienone is 1. The lowest BCUT2D eigenvalue weighted by Gasteiger charge is -2.10. The van der Waals surface area contributed by atoms with Crippen molar-refractivity contribution in [2.24, 2.45) is 10.2 Å². The van der Waals surface area contributed by atoms with Gasteiger partial charge in [0.25, 0.3) is 0 Å². The third-order valence-electron chi connectivity index (χ3n) is 1.95. The Morgan fingerprint density at radius 3 is 2.56 bits per heavy atom. The molecule has 2 N–H and O–H groups in total. The van der Waals surface area contributed by atoms with Crippen molar-refractivity contribution in [2.75, 3.05) is 12.8 Å². The summed E-state index contributed by atoms with van der Waals surface area (Å²) in [4.78, 5) is 1.79. The number of anilines is 1. The summed E-state index contributed by atoms with van der Waals surface area (Å²) in [6.45, 7) is 5.73. The number of hydrogen-bond donors (Lipinski definition) is 1. The molecule has 0 saturated carbocycles. The van der Waals surface area contributed by atoms with Gasteiger partial charge in [-0.1, -0.05) is 12.7 Å². The lowest BCUT2D eigenvalue weighted by molar-refractivity contribution is 0.555. The molecule has 84 valence electrons. The number of benzene rings is 1. The minimum atomic E-state index is 0.579. The highest BCUT2D eigenvalue weighted by atomic mass is 15.3. The Balaban J connectivity index is 2.66. The molecular weight excluding hydrogens is 200 g/mol. The van der Waals surface area contributed by atoms with Crippen molar-refractivity contribution in [1.29, 1.82) is 0 Å². The van der Waals surface area contributed by atoms with Crippen molar-refractivity contribution in [3.05, 3.63) is 48.9 Å². The minimum absolute atomic E-state index is 0.579. The maximum atomic E-state index is 5.56. The summed E-state index contributed by atoms with van der Waals surface area (Å²) in [5, 5.41) is 8.05. The van der Waals surface area contributed by atoms with Crippen LogP contribution in [0.3, 0.4) is 0 Å². The standard InChI is InChI=1S/C12H16N4/c1-4-9-16(3)10(2)14-15-12-7-5-11(13)6-8-12/h4-9H,2,13H2,1,3H3/b9-4-,15-14+. The average Bonchev–Trinajstić information content (AvgIpc) is 2.28. The van der Waals surface area contributed by atoms with Gasteiger partial charge in [-0.05, 0) is 31.2 Å². The Morgan fingerprint density at radius 1 is 1.38 bits per heavy atom. The molecule has 0 spiro atoms. The molecule has 0 aliphatic rings. The van der Waals surface area contributed by atoms with Gasteiger partial charge in [-0.15, -0.1) is 10.2 Å². The normalized spacial score (nSPS) is 11.1. The first-order valence-corrected chi connectivity index (χ1v) is 4.95. The smallest absolute Gasteiger partial charge is 0.147 e. The molecule has 0 saturated heterocycles. The van der Waals surface area contributed by atoms with Gasteiger partial charge < -0.3 is 10.6 Å². The molecular formula is C12H16N4. The van der Waals surface area contributed by atoms with E-state index in [0.29, 0.717) is 11.5 Å². The van der Waals surface area contributed by atoms with E-state index in [2.05, 4.69) is 16.8 Å². The van der Waals surface area contributed by atoms with Crippen molar-refractivity contribution in [3.63, 3.8) is 0 Å². The molecule has 4 heteroatoms. The lowest BCUT2D eigenvalue weighted by Crippen LogP contribution is -2.06. The molecule has 0 fully saturated rings. The van der Waals surface area contributed by atoms with Crippen molar-refractivity contribution < 1.29 is 0 Å². The second-order valence-corrected chi connectivity index (χ2v) is 3.30. The largest absolute Gasteiger partial charge is 0.399 e. The van der Waals surface area contributed by atoms with E-state index in [4.69, 9.17) is 5.73 Å². The molecule has 16 heavy (non-hydrogen) atoms. The molecule has 0 aliphatic heterocycles. The lowest BCUT2D eigenvalue weighted by atomic mass is 10.3. The number of azo groups is 1. The Hall–Kier alpha value is -2.10. The number of nitrogen functional groups attached to an aromatic ring is 1. The van der Waals surface area contributed by atoms with Crippen molar-refractivity contribution >= 4 is 11.4 Å². The van der Waals surface area contributed by atoms with Crippen LogP contribution in [0.1, 0.15) is 6.92 Å². The average molecular weight is 216 g/mol. The van der Waals surface area contributed by atoms with Gasteiger partial charge in [0.2, 0.25) is 0 Å². The van der Waals surface area contributed by atoms with Crippen LogP contribution in [0.4, 0.5) is 11.4 Å². The van der Waals surface area contributed by atoms with Crippen LogP contribution in [0.2, 0.25) is 0 Å². The van der Waals surface area contributed by atoms with Gasteiger partial charge in [0.05, 0.1) is 5.69 Å². The zero-order chi connectivity index (χ0) is 12.0. The topological polar surface area (TPSA) is 54.0 Å². The van der Waals surface area contributed by atoms with E-state index >= 15 is 0 Å². The molecule has 1 aromatic carbocycles. The van der Waals surface area contributed by atoms with Gasteiger partial charge in [-0.3, -0.25) is 0 Å². The summed E-state index contributed by atoms with van der Waals surface area (Å²) < 4.78 is 0. The van der Waals surface area contributed by atoms with E-state index in [1.807, 2.05) is 38.4 Å². The van der Waals surface area contributed by atoms with Crippen molar-refractivity contribution in [3.8, 4) is 0 Å². The van der Waals surface area contributed by atoms with Crippen LogP contribution in [0.5, 0.6) is 0 Å². The molecule has 0 amide bonds. The summed E-state index contributed by atoms with van der Waals surface area (Å²) in [5.41, 5.74) is 7.03. The molecule has 0 radical (unpaired) electrons. The second-order valence-electron chi connectivity index (χ2n) is 3.30. The predicted molar refractivity (Wildman–Crippen MR) is 67.1 cm³/mol. The van der Waals surface area contributed by atoms with Gasteiger partial charge in [-0.25, -0.2) is 0 Å². The summed E-state index contributed by atoms with van der Waals surface area (Å²) in [6.07, 6.45) is 3.77. The molecule has 0 bridgehead atoms. The molecule has 0 unspecified atom stereocenters. The monoisotopic (exact) mass is 216 g/mol. The first kappa shape index (κ1) is 12.0. The van der Waals surface area contributed by atoms with E-state index in [1.165, 1.54) is 0 Å². The van der Waals surface area contributed by atoms with E-state index in [-0.39, 0.29) is 0 Å². The number of nitrogens with two attached hydrogens (primary N) is 1. The Labute approximate surface area is 95.8 Å². The fraction of sp³-hybridized carbons (Fsp3) is 0.167. The van der Waals surface area contributed by atoms with E-state index < -0.39 is 0 Å². The first-order valence-electron chi connectivity index (χ1n) is 4.95. The van der Waals surface area contributed by atoms with Gasteiger partial charge in [0.15, 0.2) is 0 Å². The van der Waals surface area contributed by atoms with Crippen LogP contribution >= 0.6 is 0 Å². The molecule has 4 nitrogen and oxygen atoms in total. The highest BCUT2D eigenvalue weighted by Gasteiger charge is 1.95. The Morgan fingerprint density at radius 2 is 2.00 bits per heavy atom. The number of hydrogen-bond acceptors (Lipinski definition) is 4. The van der Waals surface area contributed by atoms with Gasteiger partial charge >= 0.3 is 0 Å². The highest BCUT2D eigenvalue weighted by molar-refractivity contribution is 5.47. The molecule has 0 aromatic heterocycles. The van der Waals surface area contributed by atoms with Crippen LogP contribution in [-0.4, -0.2) is 11.9 Å². The number of nitrogens with zero attached hydrogens (tertiary/aromatic N) is 3. The number of rotatable bonds is 4. The van der Waals surface area contributed by atoms with Crippen LogP contribution in [0.15, 0.2) is 59.2 Å². The SMILES string of the molecule is C=C(/N=N/c1ccc(N)cc1)N(C)/C=C\C. The third-order valence-corrected chi connectivity index (χ3v) is 1.95. The Bertz CT molecular complexity index is 404. The summed E-state index contributed by atoms with van der Waals surface area (Å²) in [5.74, 6) is 0.579. The fourth-order valence-corrected chi connectivity index (χ4v) is 1.04. The molecule has 0 aliphatic carbocycles. The zero-order valence-corrected chi connectivity index (χ0v) is 9.59. The van der Waals surface area contributed by atoms with E-state index in [1.54, 1.807) is 17.0 Å². The molecule has 1 aromatic rings. The second kappa shape index (κ2) is 5.70. The van der Waals surface area contributed by atoms with Gasteiger partial charge in [-0.2, -0.15) is 0 Å². The highest BCUT2D eigenvalue weighted by Crippen LogP contribution is 2.15. The zero-order valence-electron chi connectivity index (χ0n) is 9.59. The Kier molecular flexibility index (Phi) is 4.27. The van der Waals surface area contributed by atoms with Crippen molar-refractivity contribution in [1.82, 2.24) is 4.90 Å². The van der Waals surface area contributed by atoms with Gasteiger partial charge in [0.1, 0.15) is 5.82 Å². The summed E-state index contributed by atoms with van der Waals surface area (Å²) in [7, 11) is 1.87.